The predicted molar refractivity (Wildman–Crippen MR) is 107 cm³/mol. The van der Waals surface area contributed by atoms with Crippen LogP contribution < -0.4 is 0 Å². The molecule has 0 fully saturated rings. The molecule has 0 unspecified atom stereocenters. The van der Waals surface area contributed by atoms with Crippen LogP contribution in [0.2, 0.25) is 0 Å². The number of esters is 1. The number of ether oxygens (including phenoxy) is 2. The summed E-state index contributed by atoms with van der Waals surface area (Å²) in [6.45, 7) is 8.24. The van der Waals surface area contributed by atoms with Crippen molar-refractivity contribution in [3.63, 3.8) is 0 Å². The van der Waals surface area contributed by atoms with E-state index in [1.807, 2.05) is 12.2 Å². The van der Waals surface area contributed by atoms with E-state index in [0.29, 0.717) is 6.61 Å². The van der Waals surface area contributed by atoms with Crippen molar-refractivity contribution in [2.75, 3.05) is 6.61 Å². The maximum atomic E-state index is 12.0. The van der Waals surface area contributed by atoms with Gasteiger partial charge in [-0.2, -0.15) is 0 Å². The van der Waals surface area contributed by atoms with Crippen molar-refractivity contribution in [2.24, 2.45) is 0 Å². The Labute approximate surface area is 155 Å². The van der Waals surface area contributed by atoms with Crippen LogP contribution in [0.3, 0.4) is 0 Å². The molecule has 0 atom stereocenters. The van der Waals surface area contributed by atoms with Crippen molar-refractivity contribution in [2.45, 2.75) is 104 Å². The van der Waals surface area contributed by atoms with Crippen molar-refractivity contribution in [1.82, 2.24) is 0 Å². The van der Waals surface area contributed by atoms with E-state index in [-0.39, 0.29) is 5.97 Å². The smallest absolute Gasteiger partial charge is 0.349 e. The molecule has 0 bridgehead atoms. The Morgan fingerprint density at radius 3 is 2.12 bits per heavy atom. The first kappa shape index (κ1) is 23.8. The fourth-order valence-corrected chi connectivity index (χ4v) is 2.41. The van der Waals surface area contributed by atoms with Crippen molar-refractivity contribution >= 4 is 5.97 Å². The lowest BCUT2D eigenvalue weighted by Crippen LogP contribution is -2.35. The fourth-order valence-electron chi connectivity index (χ4n) is 2.41. The number of rotatable bonds is 16. The average Bonchev–Trinajstić information content (AvgIpc) is 2.59. The number of hydrogen-bond donors (Lipinski definition) is 0. The van der Waals surface area contributed by atoms with E-state index in [4.69, 9.17) is 9.47 Å². The standard InChI is InChI=1S/C22H40O3/c1-5-7-9-11-12-13-14-15-16-18-20-25-22(3,4)21(23)24-19-17-10-8-6-2/h8,10,18,20H,5-7,9,11-17,19H2,1-4H3/b10-8-,20-18?. The second-order valence-electron chi connectivity index (χ2n) is 7.07. The molecule has 0 saturated carbocycles. The van der Waals surface area contributed by atoms with Crippen LogP contribution in [0.4, 0.5) is 0 Å². The number of carbonyl (C=O) groups is 1. The summed E-state index contributed by atoms with van der Waals surface area (Å²) in [4.78, 5) is 12.0. The monoisotopic (exact) mass is 352 g/mol. The molecule has 0 aromatic carbocycles. The van der Waals surface area contributed by atoms with Gasteiger partial charge in [0.2, 0.25) is 0 Å². The van der Waals surface area contributed by atoms with Gasteiger partial charge < -0.3 is 9.47 Å². The van der Waals surface area contributed by atoms with Gasteiger partial charge in [-0.3, -0.25) is 0 Å². The minimum atomic E-state index is -0.926. The summed E-state index contributed by atoms with van der Waals surface area (Å²) < 4.78 is 10.8. The van der Waals surface area contributed by atoms with Crippen molar-refractivity contribution < 1.29 is 14.3 Å². The summed E-state index contributed by atoms with van der Waals surface area (Å²) in [5.74, 6) is -0.311. The van der Waals surface area contributed by atoms with Gasteiger partial charge in [0.25, 0.3) is 0 Å². The third-order valence-corrected chi connectivity index (χ3v) is 4.09. The van der Waals surface area contributed by atoms with Gasteiger partial charge in [0, 0.05) is 0 Å². The zero-order chi connectivity index (χ0) is 18.8. The Morgan fingerprint density at radius 1 is 0.840 bits per heavy atom. The molecule has 0 aromatic rings. The van der Waals surface area contributed by atoms with E-state index in [1.165, 1.54) is 51.4 Å². The Kier molecular flexibility index (Phi) is 15.4. The quantitative estimate of drug-likeness (QED) is 0.134. The van der Waals surface area contributed by atoms with Gasteiger partial charge in [-0.25, -0.2) is 4.79 Å². The Bertz CT molecular complexity index is 369. The topological polar surface area (TPSA) is 35.5 Å². The number of carbonyl (C=O) groups excluding carboxylic acids is 1. The van der Waals surface area contributed by atoms with Crippen LogP contribution >= 0.6 is 0 Å². The molecule has 0 heterocycles. The van der Waals surface area contributed by atoms with Crippen LogP contribution in [0.25, 0.3) is 0 Å². The number of allylic oxidation sites excluding steroid dienone is 2. The largest absolute Gasteiger partial charge is 0.484 e. The van der Waals surface area contributed by atoms with Gasteiger partial charge >= 0.3 is 5.97 Å². The molecule has 0 aromatic heterocycles. The zero-order valence-electron chi connectivity index (χ0n) is 17.0. The van der Waals surface area contributed by atoms with Gasteiger partial charge in [-0.15, -0.1) is 0 Å². The minimum Gasteiger partial charge on any atom is -0.484 e. The Hall–Kier alpha value is -1.25. The summed E-state index contributed by atoms with van der Waals surface area (Å²) in [7, 11) is 0. The van der Waals surface area contributed by atoms with E-state index in [1.54, 1.807) is 20.1 Å². The first-order valence-electron chi connectivity index (χ1n) is 10.2. The van der Waals surface area contributed by atoms with Crippen LogP contribution in [-0.2, 0) is 14.3 Å². The van der Waals surface area contributed by atoms with Gasteiger partial charge in [0.1, 0.15) is 0 Å². The molecule has 0 radical (unpaired) electrons. The number of unbranched alkanes of at least 4 members (excludes halogenated alkanes) is 8. The lowest BCUT2D eigenvalue weighted by Gasteiger charge is -2.21. The number of hydrogen-bond acceptors (Lipinski definition) is 3. The molecule has 25 heavy (non-hydrogen) atoms. The summed E-state index contributed by atoms with van der Waals surface area (Å²) in [5.41, 5.74) is -0.926. The predicted octanol–water partition coefficient (Wildman–Crippen LogP) is 6.73. The molecule has 146 valence electrons. The summed E-state index contributed by atoms with van der Waals surface area (Å²) >= 11 is 0. The van der Waals surface area contributed by atoms with Crippen LogP contribution in [-0.4, -0.2) is 18.2 Å². The minimum absolute atomic E-state index is 0.311. The molecule has 0 amide bonds. The molecule has 3 nitrogen and oxygen atoms in total. The third-order valence-electron chi connectivity index (χ3n) is 4.09. The molecular weight excluding hydrogens is 312 g/mol. The lowest BCUT2D eigenvalue weighted by molar-refractivity contribution is -0.162. The molecule has 0 saturated heterocycles. The van der Waals surface area contributed by atoms with E-state index < -0.39 is 5.60 Å². The molecular formula is C22H40O3. The van der Waals surface area contributed by atoms with Crippen LogP contribution in [0, 0.1) is 0 Å². The van der Waals surface area contributed by atoms with Gasteiger partial charge in [0.15, 0.2) is 5.60 Å². The maximum Gasteiger partial charge on any atom is 0.349 e. The molecule has 0 spiro atoms. The summed E-state index contributed by atoms with van der Waals surface area (Å²) in [5, 5.41) is 0. The SMILES string of the molecule is CC/C=C\CCOC(=O)C(C)(C)OC=CCCCCCCCCCC. The van der Waals surface area contributed by atoms with E-state index in [0.717, 1.165) is 19.3 Å². The highest BCUT2D eigenvalue weighted by Gasteiger charge is 2.30. The third kappa shape index (κ3) is 14.8. The van der Waals surface area contributed by atoms with Crippen molar-refractivity contribution in [3.8, 4) is 0 Å². The molecule has 0 rings (SSSR count). The highest BCUT2D eigenvalue weighted by molar-refractivity contribution is 5.78. The molecule has 0 aliphatic heterocycles. The maximum absolute atomic E-state index is 12.0. The van der Waals surface area contributed by atoms with E-state index in [9.17, 15) is 4.79 Å². The molecule has 0 aliphatic carbocycles. The molecule has 0 aliphatic rings. The first-order chi connectivity index (χ1) is 12.0. The Balaban J connectivity index is 3.69. The van der Waals surface area contributed by atoms with Crippen LogP contribution in [0.5, 0.6) is 0 Å². The highest BCUT2D eigenvalue weighted by atomic mass is 16.6. The van der Waals surface area contributed by atoms with Gasteiger partial charge in [-0.1, -0.05) is 70.9 Å². The van der Waals surface area contributed by atoms with Gasteiger partial charge in [-0.05, 0) is 45.6 Å². The molecule has 3 heteroatoms. The second kappa shape index (κ2) is 16.2. The highest BCUT2D eigenvalue weighted by Crippen LogP contribution is 2.14. The fraction of sp³-hybridized carbons (Fsp3) is 0.773. The zero-order valence-corrected chi connectivity index (χ0v) is 17.0. The van der Waals surface area contributed by atoms with Crippen molar-refractivity contribution in [1.29, 1.82) is 0 Å². The van der Waals surface area contributed by atoms with E-state index in [2.05, 4.69) is 19.9 Å². The summed E-state index contributed by atoms with van der Waals surface area (Å²) in [6.07, 6.45) is 21.1. The van der Waals surface area contributed by atoms with Crippen LogP contribution in [0.1, 0.15) is 98.3 Å². The lowest BCUT2D eigenvalue weighted by atomic mass is 10.1. The second-order valence-corrected chi connectivity index (χ2v) is 7.07. The molecule has 0 N–H and O–H groups in total. The summed E-state index contributed by atoms with van der Waals surface area (Å²) in [6, 6.07) is 0. The first-order valence-corrected chi connectivity index (χ1v) is 10.2. The van der Waals surface area contributed by atoms with Crippen LogP contribution in [0.15, 0.2) is 24.5 Å². The normalized spacial score (nSPS) is 12.2. The average molecular weight is 353 g/mol. The van der Waals surface area contributed by atoms with E-state index >= 15 is 0 Å². The Morgan fingerprint density at radius 2 is 1.48 bits per heavy atom. The van der Waals surface area contributed by atoms with Gasteiger partial charge in [0.05, 0.1) is 12.9 Å². The van der Waals surface area contributed by atoms with Crippen molar-refractivity contribution in [3.05, 3.63) is 24.5 Å².